The Balaban J connectivity index is 1.76. The van der Waals surface area contributed by atoms with Gasteiger partial charge in [-0.3, -0.25) is 9.59 Å². The number of phenols is 1. The van der Waals surface area contributed by atoms with Crippen LogP contribution in [-0.4, -0.2) is 45.0 Å². The molecule has 0 saturated carbocycles. The number of aromatic hydroxyl groups is 1. The molecule has 8 nitrogen and oxygen atoms in total. The number of sulfonamides is 1. The first kappa shape index (κ1) is 21.4. The summed E-state index contributed by atoms with van der Waals surface area (Å²) in [5, 5.41) is 14.8. The van der Waals surface area contributed by atoms with Gasteiger partial charge in [0.25, 0.3) is 11.8 Å². The molecule has 2 rings (SSSR count). The van der Waals surface area contributed by atoms with E-state index in [9.17, 15) is 23.1 Å². The van der Waals surface area contributed by atoms with Gasteiger partial charge >= 0.3 is 0 Å². The van der Waals surface area contributed by atoms with E-state index >= 15 is 0 Å². The maximum atomic E-state index is 12.1. The van der Waals surface area contributed by atoms with Crippen LogP contribution < -0.4 is 15.4 Å². The highest BCUT2D eigenvalue weighted by Gasteiger charge is 2.13. The number of hydrogen-bond acceptors (Lipinski definition) is 5. The van der Waals surface area contributed by atoms with Crippen LogP contribution in [0.25, 0.3) is 0 Å². The topological polar surface area (TPSA) is 125 Å². The van der Waals surface area contributed by atoms with E-state index < -0.39 is 10.0 Å². The molecule has 2 amide bonds. The molecule has 2 aromatic carbocycles. The molecule has 0 aliphatic rings. The molecule has 2 aromatic rings. The molecule has 0 aromatic heterocycles. The summed E-state index contributed by atoms with van der Waals surface area (Å²) in [5.41, 5.74) is 0.705. The van der Waals surface area contributed by atoms with Crippen LogP contribution in [0, 0.1) is 0 Å². The quantitative estimate of drug-likeness (QED) is 0.467. The molecule has 0 spiro atoms. The first-order valence-electron chi connectivity index (χ1n) is 8.78. The molecule has 28 heavy (non-hydrogen) atoms. The standard InChI is InChI=1S/C19H23N3O5S/c1-2-22-28(26,27)17-9-7-14(8-10-17)18(24)20-11-4-12-21-19(25)15-5-3-6-16(23)13-15/h3,5-10,13,22-23H,2,4,11-12H2,1H3,(H,20,24)(H,21,25). The minimum atomic E-state index is -3.55. The van der Waals surface area contributed by atoms with Gasteiger partial charge in [0, 0.05) is 30.8 Å². The van der Waals surface area contributed by atoms with Gasteiger partial charge in [0.05, 0.1) is 4.90 Å². The third-order valence-electron chi connectivity index (χ3n) is 3.79. The van der Waals surface area contributed by atoms with E-state index in [1.54, 1.807) is 19.1 Å². The fourth-order valence-corrected chi connectivity index (χ4v) is 3.44. The van der Waals surface area contributed by atoms with Crippen molar-refractivity contribution in [2.45, 2.75) is 18.2 Å². The third-order valence-corrected chi connectivity index (χ3v) is 5.36. The number of benzene rings is 2. The summed E-state index contributed by atoms with van der Waals surface area (Å²) in [6.45, 7) is 2.67. The van der Waals surface area contributed by atoms with Crippen molar-refractivity contribution in [3.63, 3.8) is 0 Å². The number of carbonyl (C=O) groups is 2. The molecule has 0 unspecified atom stereocenters. The van der Waals surface area contributed by atoms with E-state index in [-0.39, 0.29) is 29.0 Å². The summed E-state index contributed by atoms with van der Waals surface area (Å²) in [6.07, 6.45) is 0.517. The minimum absolute atomic E-state index is 0.0178. The van der Waals surface area contributed by atoms with Crippen LogP contribution >= 0.6 is 0 Å². The first-order valence-corrected chi connectivity index (χ1v) is 10.3. The van der Waals surface area contributed by atoms with Gasteiger partial charge < -0.3 is 15.7 Å². The predicted molar refractivity (Wildman–Crippen MR) is 105 cm³/mol. The Morgan fingerprint density at radius 3 is 2.11 bits per heavy atom. The van der Waals surface area contributed by atoms with Gasteiger partial charge in [-0.15, -0.1) is 0 Å². The summed E-state index contributed by atoms with van der Waals surface area (Å²) < 4.78 is 26.1. The zero-order chi connectivity index (χ0) is 20.6. The molecular weight excluding hydrogens is 382 g/mol. The lowest BCUT2D eigenvalue weighted by atomic mass is 10.2. The number of amides is 2. The van der Waals surface area contributed by atoms with Crippen molar-refractivity contribution in [3.8, 4) is 5.75 Å². The smallest absolute Gasteiger partial charge is 0.251 e. The van der Waals surface area contributed by atoms with Crippen molar-refractivity contribution in [2.75, 3.05) is 19.6 Å². The largest absolute Gasteiger partial charge is 0.508 e. The van der Waals surface area contributed by atoms with Crippen LogP contribution in [0.2, 0.25) is 0 Å². The second kappa shape index (κ2) is 9.86. The molecule has 4 N–H and O–H groups in total. The highest BCUT2D eigenvalue weighted by atomic mass is 32.2. The Morgan fingerprint density at radius 1 is 0.929 bits per heavy atom. The Labute approximate surface area is 164 Å². The average molecular weight is 405 g/mol. The Morgan fingerprint density at radius 2 is 1.54 bits per heavy atom. The zero-order valence-electron chi connectivity index (χ0n) is 15.4. The number of carbonyl (C=O) groups excluding carboxylic acids is 2. The van der Waals surface area contributed by atoms with Crippen molar-refractivity contribution < 1.29 is 23.1 Å². The molecule has 0 aliphatic carbocycles. The molecule has 0 heterocycles. The van der Waals surface area contributed by atoms with Gasteiger partial charge in [-0.25, -0.2) is 13.1 Å². The summed E-state index contributed by atoms with van der Waals surface area (Å²) in [5.74, 6) is -0.615. The zero-order valence-corrected chi connectivity index (χ0v) is 16.3. The van der Waals surface area contributed by atoms with Crippen molar-refractivity contribution in [1.82, 2.24) is 15.4 Å². The molecule has 0 saturated heterocycles. The molecule has 9 heteroatoms. The number of rotatable bonds is 9. The van der Waals surface area contributed by atoms with E-state index in [1.807, 2.05) is 0 Å². The second-order valence-corrected chi connectivity index (χ2v) is 7.71. The second-order valence-electron chi connectivity index (χ2n) is 5.94. The summed E-state index contributed by atoms with van der Waals surface area (Å²) in [4.78, 5) is 24.1. The molecule has 0 fully saturated rings. The van der Waals surface area contributed by atoms with Crippen molar-refractivity contribution in [3.05, 3.63) is 59.7 Å². The van der Waals surface area contributed by atoms with Crippen LogP contribution in [0.5, 0.6) is 5.75 Å². The van der Waals surface area contributed by atoms with Gasteiger partial charge in [0.15, 0.2) is 0 Å². The lowest BCUT2D eigenvalue weighted by Crippen LogP contribution is -2.30. The van der Waals surface area contributed by atoms with Crippen LogP contribution in [-0.2, 0) is 10.0 Å². The van der Waals surface area contributed by atoms with Gasteiger partial charge in [0.1, 0.15) is 5.75 Å². The first-order chi connectivity index (χ1) is 13.3. The molecular formula is C19H23N3O5S. The fourth-order valence-electron chi connectivity index (χ4n) is 2.40. The van der Waals surface area contributed by atoms with E-state index in [2.05, 4.69) is 15.4 Å². The van der Waals surface area contributed by atoms with E-state index in [0.717, 1.165) is 0 Å². The van der Waals surface area contributed by atoms with Crippen molar-refractivity contribution in [1.29, 1.82) is 0 Å². The van der Waals surface area contributed by atoms with Crippen LogP contribution in [0.3, 0.4) is 0 Å². The third kappa shape index (κ3) is 6.07. The Bertz CT molecular complexity index is 927. The van der Waals surface area contributed by atoms with E-state index in [0.29, 0.717) is 30.6 Å². The maximum Gasteiger partial charge on any atom is 0.251 e. The Hall–Kier alpha value is -2.91. The lowest BCUT2D eigenvalue weighted by molar-refractivity contribution is 0.0951. The Kier molecular flexibility index (Phi) is 7.53. The minimum Gasteiger partial charge on any atom is -0.508 e. The molecule has 0 aliphatic heterocycles. The predicted octanol–water partition coefficient (Wildman–Crippen LogP) is 1.24. The van der Waals surface area contributed by atoms with Crippen LogP contribution in [0.15, 0.2) is 53.4 Å². The average Bonchev–Trinajstić information content (AvgIpc) is 2.67. The van der Waals surface area contributed by atoms with Gasteiger partial charge in [-0.05, 0) is 48.9 Å². The SMILES string of the molecule is CCNS(=O)(=O)c1ccc(C(=O)NCCCNC(=O)c2cccc(O)c2)cc1. The highest BCUT2D eigenvalue weighted by molar-refractivity contribution is 7.89. The van der Waals surface area contributed by atoms with Gasteiger partial charge in [0.2, 0.25) is 10.0 Å². The maximum absolute atomic E-state index is 12.1. The molecule has 150 valence electrons. The summed E-state index contributed by atoms with van der Waals surface area (Å²) in [7, 11) is -3.55. The monoisotopic (exact) mass is 405 g/mol. The van der Waals surface area contributed by atoms with E-state index in [1.165, 1.54) is 36.4 Å². The van der Waals surface area contributed by atoms with Crippen LogP contribution in [0.1, 0.15) is 34.1 Å². The lowest BCUT2D eigenvalue weighted by Gasteiger charge is -2.08. The van der Waals surface area contributed by atoms with E-state index in [4.69, 9.17) is 0 Å². The highest BCUT2D eigenvalue weighted by Crippen LogP contribution is 2.11. The fraction of sp³-hybridized carbons (Fsp3) is 0.263. The van der Waals surface area contributed by atoms with Crippen LogP contribution in [0.4, 0.5) is 0 Å². The van der Waals surface area contributed by atoms with Crippen molar-refractivity contribution in [2.24, 2.45) is 0 Å². The summed E-state index contributed by atoms with van der Waals surface area (Å²) in [6, 6.07) is 11.7. The molecule has 0 radical (unpaired) electrons. The van der Waals surface area contributed by atoms with Crippen molar-refractivity contribution >= 4 is 21.8 Å². The van der Waals surface area contributed by atoms with Gasteiger partial charge in [-0.1, -0.05) is 13.0 Å². The van der Waals surface area contributed by atoms with Gasteiger partial charge in [-0.2, -0.15) is 0 Å². The number of phenolic OH excluding ortho intramolecular Hbond substituents is 1. The normalized spacial score (nSPS) is 11.0. The number of nitrogens with one attached hydrogen (secondary N) is 3. The number of hydrogen-bond donors (Lipinski definition) is 4. The molecule has 0 atom stereocenters. The summed E-state index contributed by atoms with van der Waals surface area (Å²) >= 11 is 0. The molecule has 0 bridgehead atoms.